The highest BCUT2D eigenvalue weighted by Gasteiger charge is 2.32. The van der Waals surface area contributed by atoms with Gasteiger partial charge in [-0.1, -0.05) is 55.6 Å². The van der Waals surface area contributed by atoms with Crippen LogP contribution >= 0.6 is 11.3 Å². The van der Waals surface area contributed by atoms with E-state index in [2.05, 4.69) is 31.4 Å². The first kappa shape index (κ1) is 61.2. The van der Waals surface area contributed by atoms with E-state index in [-0.39, 0.29) is 48.7 Å². The van der Waals surface area contributed by atoms with E-state index in [4.69, 9.17) is 42.9 Å². The van der Waals surface area contributed by atoms with Crippen LogP contribution in [0.15, 0.2) is 128 Å². The predicted molar refractivity (Wildman–Crippen MR) is 317 cm³/mol. The number of aromatic nitrogens is 1. The molecule has 0 aliphatic heterocycles. The molecule has 6 aromatic rings. The minimum absolute atomic E-state index is 0.234. The molecule has 0 radical (unpaired) electrons. The van der Waals surface area contributed by atoms with E-state index in [0.717, 1.165) is 89.0 Å². The zero-order valence-corrected chi connectivity index (χ0v) is 48.1. The van der Waals surface area contributed by atoms with Gasteiger partial charge >= 0.3 is 35.8 Å². The molecule has 0 N–H and O–H groups in total. The second-order valence-electron chi connectivity index (χ2n) is 21.1. The van der Waals surface area contributed by atoms with E-state index >= 15 is 0 Å². The van der Waals surface area contributed by atoms with Gasteiger partial charge in [0.25, 0.3) is 0 Å². The molecule has 2 aliphatic rings. The fourth-order valence-corrected chi connectivity index (χ4v) is 11.3. The molecule has 0 saturated heterocycles. The molecule has 2 heterocycles. The summed E-state index contributed by atoms with van der Waals surface area (Å²) >= 11 is 1.61. The van der Waals surface area contributed by atoms with Crippen molar-refractivity contribution in [1.29, 1.82) is 0 Å². The van der Waals surface area contributed by atoms with Crippen molar-refractivity contribution in [3.8, 4) is 33.6 Å². The van der Waals surface area contributed by atoms with Crippen LogP contribution < -0.4 is 18.9 Å². The molecule has 0 atom stereocenters. The number of ether oxygens (including phenoxy) is 8. The van der Waals surface area contributed by atoms with Crippen LogP contribution in [0.5, 0.6) is 23.0 Å². The van der Waals surface area contributed by atoms with E-state index in [9.17, 15) is 28.8 Å². The van der Waals surface area contributed by atoms with Gasteiger partial charge in [0.05, 0.1) is 48.8 Å². The lowest BCUT2D eigenvalue weighted by Gasteiger charge is -2.27. The Hall–Kier alpha value is -7.85. The van der Waals surface area contributed by atoms with Crippen LogP contribution in [0.4, 0.5) is 0 Å². The van der Waals surface area contributed by atoms with Crippen LogP contribution in [0.25, 0.3) is 31.6 Å². The van der Waals surface area contributed by atoms with Crippen LogP contribution in [-0.4, -0.2) is 79.4 Å². The predicted octanol–water partition coefficient (Wildman–Crippen LogP) is 13.7. The SMILES string of the molecule is C=CC(=O)OCCCCCCOc1ccc(CCC(=O)O[C@H]2CC[C@H](C(=O)Oc3ccc(OC(=O)[C@H]4CC[C@H](OC(=O)CCc5ccc(OCCCCCCOC(=O)C=C)cc5)CC4)c4nc(-c5cc6ccccc6s5)ccc34)CC2)cc1. The third-order valence-corrected chi connectivity index (χ3v) is 16.1. The van der Waals surface area contributed by atoms with Crippen molar-refractivity contribution >= 4 is 68.1 Å². The summed E-state index contributed by atoms with van der Waals surface area (Å²) in [4.78, 5) is 81.8. The third-order valence-electron chi connectivity index (χ3n) is 15.0. The third kappa shape index (κ3) is 19.4. The molecule has 4 aromatic carbocycles. The largest absolute Gasteiger partial charge is 0.494 e. The molecule has 2 saturated carbocycles. The van der Waals surface area contributed by atoms with Crippen LogP contribution in [0.3, 0.4) is 0 Å². The summed E-state index contributed by atoms with van der Waals surface area (Å²) < 4.78 is 46.9. The lowest BCUT2D eigenvalue weighted by Crippen LogP contribution is -2.30. The second-order valence-corrected chi connectivity index (χ2v) is 22.2. The van der Waals surface area contributed by atoms with Gasteiger partial charge in [0.1, 0.15) is 35.0 Å². The second kappa shape index (κ2) is 32.1. The molecule has 0 bridgehead atoms. The summed E-state index contributed by atoms with van der Waals surface area (Å²) in [5.41, 5.74) is 3.08. The Morgan fingerprint density at radius 1 is 0.518 bits per heavy atom. The first-order chi connectivity index (χ1) is 40.5. The number of unbranched alkanes of at least 4 members (excludes halogenated alkanes) is 6. The fourth-order valence-electron chi connectivity index (χ4n) is 10.2. The van der Waals surface area contributed by atoms with Gasteiger partial charge in [0, 0.05) is 35.1 Å². The number of hydrogen-bond donors (Lipinski definition) is 0. The van der Waals surface area contributed by atoms with Gasteiger partial charge in [0.2, 0.25) is 0 Å². The number of esters is 6. The van der Waals surface area contributed by atoms with E-state index in [0.29, 0.717) is 113 Å². The van der Waals surface area contributed by atoms with Gasteiger partial charge < -0.3 is 37.9 Å². The summed E-state index contributed by atoms with van der Waals surface area (Å²) in [6.45, 7) is 8.75. The minimum Gasteiger partial charge on any atom is -0.494 e. The highest BCUT2D eigenvalue weighted by atomic mass is 32.1. The van der Waals surface area contributed by atoms with Crippen LogP contribution in [0.1, 0.15) is 127 Å². The maximum Gasteiger partial charge on any atom is 0.330 e. The molecule has 2 fully saturated rings. The van der Waals surface area contributed by atoms with Crippen LogP contribution in [0, 0.1) is 11.8 Å². The summed E-state index contributed by atoms with van der Waals surface area (Å²) in [6, 6.07) is 32.6. The lowest BCUT2D eigenvalue weighted by molar-refractivity contribution is -0.153. The fraction of sp³-hybridized carbons (Fsp3) is 0.418. The molecule has 15 nitrogen and oxygen atoms in total. The quantitative estimate of drug-likeness (QED) is 0.0131. The van der Waals surface area contributed by atoms with Crippen LogP contribution in [0.2, 0.25) is 0 Å². The summed E-state index contributed by atoms with van der Waals surface area (Å²) in [7, 11) is 0. The zero-order valence-electron chi connectivity index (χ0n) is 47.2. The van der Waals surface area contributed by atoms with Gasteiger partial charge in [-0.15, -0.1) is 11.3 Å². The number of hydrogen-bond acceptors (Lipinski definition) is 16. The molecule has 0 unspecified atom stereocenters. The first-order valence-corrected chi connectivity index (χ1v) is 30.1. The Labute approximate surface area is 489 Å². The molecular weight excluding hydrogens is 1070 g/mol. The molecule has 438 valence electrons. The van der Waals surface area contributed by atoms with Gasteiger partial charge in [-0.2, -0.15) is 0 Å². The molecule has 0 spiro atoms. The van der Waals surface area contributed by atoms with Gasteiger partial charge in [-0.3, -0.25) is 19.2 Å². The number of carbonyl (C=O) groups is 6. The van der Waals surface area contributed by atoms with Crippen molar-refractivity contribution in [3.05, 3.63) is 140 Å². The van der Waals surface area contributed by atoms with Gasteiger partial charge in [-0.05, 0) is 193 Å². The number of thiophene rings is 1. The standard InChI is InChI=1S/C67H75NO14S/c1-3-61(69)77-43-13-7-5-11-41-75-51-27-17-46(18-28-51)21-39-63(71)79-53-31-23-48(24-32-53)66(73)81-57-37-38-58(65-55(57)35-36-56(68-65)60-45-50-15-9-10-16-59(50)83-60)82-67(74)49-25-33-54(34-26-49)80-64(72)40-22-47-19-29-52(30-20-47)76-42-12-6-8-14-44-78-62(70)4-2/h3-4,9-10,15-20,27-30,35-38,45,48-49,53-54H,1-2,5-8,11-14,21-26,31-34,39-44H2/t48-,49-,53-,54-. The van der Waals surface area contributed by atoms with Crippen LogP contribution in [-0.2, 0) is 60.6 Å². The number of carbonyl (C=O) groups excluding carboxylic acids is 6. The zero-order chi connectivity index (χ0) is 58.2. The van der Waals surface area contributed by atoms with Crippen molar-refractivity contribution in [2.45, 2.75) is 141 Å². The normalized spacial score (nSPS) is 16.7. The monoisotopic (exact) mass is 1150 g/mol. The van der Waals surface area contributed by atoms with Gasteiger partial charge in [0.15, 0.2) is 5.75 Å². The Morgan fingerprint density at radius 3 is 1.48 bits per heavy atom. The van der Waals surface area contributed by atoms with Crippen molar-refractivity contribution < 1.29 is 66.7 Å². The Morgan fingerprint density at radius 2 is 0.988 bits per heavy atom. The van der Waals surface area contributed by atoms with Crippen molar-refractivity contribution in [3.63, 3.8) is 0 Å². The van der Waals surface area contributed by atoms with E-state index < -0.39 is 29.7 Å². The average molecular weight is 1150 g/mol. The van der Waals surface area contributed by atoms with Gasteiger partial charge in [-0.25, -0.2) is 14.6 Å². The van der Waals surface area contributed by atoms with Crippen molar-refractivity contribution in [1.82, 2.24) is 4.98 Å². The van der Waals surface area contributed by atoms with E-state index in [1.54, 1.807) is 23.5 Å². The molecule has 8 rings (SSSR count). The molecule has 0 amide bonds. The van der Waals surface area contributed by atoms with Crippen molar-refractivity contribution in [2.75, 3.05) is 26.4 Å². The molecule has 2 aromatic heterocycles. The summed E-state index contributed by atoms with van der Waals surface area (Å²) in [6.07, 6.45) is 14.6. The molecule has 83 heavy (non-hydrogen) atoms. The maximum atomic E-state index is 13.9. The molecular formula is C67H75NO14S. The first-order valence-electron chi connectivity index (χ1n) is 29.3. The van der Waals surface area contributed by atoms with Crippen molar-refractivity contribution in [2.24, 2.45) is 11.8 Å². The Kier molecular flexibility index (Phi) is 23.7. The molecule has 2 aliphatic carbocycles. The summed E-state index contributed by atoms with van der Waals surface area (Å²) in [5, 5.41) is 1.61. The Bertz CT molecular complexity index is 3100. The van der Waals surface area contributed by atoms with E-state index in [1.165, 1.54) is 12.2 Å². The lowest BCUT2D eigenvalue weighted by atomic mass is 9.87. The summed E-state index contributed by atoms with van der Waals surface area (Å²) in [5.74, 6) is -0.844. The number of fused-ring (bicyclic) bond motifs is 2. The minimum atomic E-state index is -0.409. The smallest absolute Gasteiger partial charge is 0.330 e. The highest BCUT2D eigenvalue weighted by molar-refractivity contribution is 7.22. The number of rotatable bonds is 31. The van der Waals surface area contributed by atoms with E-state index in [1.807, 2.05) is 72.8 Å². The number of nitrogens with zero attached hydrogens (tertiary/aromatic N) is 1. The molecule has 16 heteroatoms. The maximum absolute atomic E-state index is 13.9. The highest BCUT2D eigenvalue weighted by Crippen LogP contribution is 2.39. The Balaban J connectivity index is 0.771. The number of benzene rings is 4. The number of pyridine rings is 1. The topological polar surface area (TPSA) is 189 Å². The average Bonchev–Trinajstić information content (AvgIpc) is 4.22. The number of aryl methyl sites for hydroxylation is 2.